The summed E-state index contributed by atoms with van der Waals surface area (Å²) >= 11 is 0. The van der Waals surface area contributed by atoms with Gasteiger partial charge in [-0.25, -0.2) is 25.0 Å². The molecule has 0 saturated heterocycles. The zero-order valence-electron chi connectivity index (χ0n) is 10.6. The van der Waals surface area contributed by atoms with Crippen molar-refractivity contribution in [3.05, 3.63) is 18.5 Å². The Labute approximate surface area is 109 Å². The molecular weight excluding hydrogens is 256 g/mol. The number of hydrogen-bond donors (Lipinski definition) is 3. The predicted molar refractivity (Wildman–Crippen MR) is 64.3 cm³/mol. The minimum atomic E-state index is -0.984. The molecule has 1 aromatic heterocycles. The SMILES string of the molecule is CCOC(=O)NC(=O)NC(=O)OCC.c1cn[nH]c1. The van der Waals surface area contributed by atoms with Gasteiger partial charge in [0.25, 0.3) is 0 Å². The molecule has 0 fully saturated rings. The molecule has 0 atom stereocenters. The summed E-state index contributed by atoms with van der Waals surface area (Å²) in [6, 6.07) is 0.849. The van der Waals surface area contributed by atoms with E-state index < -0.39 is 18.2 Å². The van der Waals surface area contributed by atoms with Gasteiger partial charge in [-0.05, 0) is 19.9 Å². The molecule has 0 saturated carbocycles. The van der Waals surface area contributed by atoms with Crippen LogP contribution < -0.4 is 10.6 Å². The number of carbonyl (C=O) groups is 3. The van der Waals surface area contributed by atoms with Gasteiger partial charge in [0, 0.05) is 12.4 Å². The Balaban J connectivity index is 0.000000532. The summed E-state index contributed by atoms with van der Waals surface area (Å²) in [5.41, 5.74) is 0. The summed E-state index contributed by atoms with van der Waals surface area (Å²) < 4.78 is 8.78. The van der Waals surface area contributed by atoms with Crippen LogP contribution in [-0.4, -0.2) is 41.6 Å². The highest BCUT2D eigenvalue weighted by Gasteiger charge is 2.11. The second-order valence-electron chi connectivity index (χ2n) is 2.79. The Hall–Kier alpha value is -2.58. The van der Waals surface area contributed by atoms with E-state index in [1.54, 1.807) is 36.9 Å². The van der Waals surface area contributed by atoms with E-state index in [2.05, 4.69) is 19.7 Å². The zero-order chi connectivity index (χ0) is 14.5. The molecule has 9 heteroatoms. The third-order valence-corrected chi connectivity index (χ3v) is 1.39. The van der Waals surface area contributed by atoms with Crippen LogP contribution in [0.5, 0.6) is 0 Å². The summed E-state index contributed by atoms with van der Waals surface area (Å²) in [4.78, 5) is 32.1. The molecule has 19 heavy (non-hydrogen) atoms. The van der Waals surface area contributed by atoms with E-state index in [1.807, 2.05) is 6.07 Å². The number of aromatic nitrogens is 2. The molecule has 0 aromatic carbocycles. The Morgan fingerprint density at radius 1 is 1.11 bits per heavy atom. The van der Waals surface area contributed by atoms with Crippen LogP contribution in [-0.2, 0) is 9.47 Å². The highest BCUT2D eigenvalue weighted by molar-refractivity contribution is 5.98. The number of nitrogens with one attached hydrogen (secondary N) is 3. The van der Waals surface area contributed by atoms with Crippen LogP contribution in [0.25, 0.3) is 0 Å². The summed E-state index contributed by atoms with van der Waals surface area (Å²) in [6.45, 7) is 3.45. The molecule has 0 aliphatic carbocycles. The van der Waals surface area contributed by atoms with E-state index in [1.165, 1.54) is 0 Å². The van der Waals surface area contributed by atoms with E-state index in [4.69, 9.17) is 0 Å². The van der Waals surface area contributed by atoms with Gasteiger partial charge in [-0.1, -0.05) is 0 Å². The molecule has 106 valence electrons. The summed E-state index contributed by atoms with van der Waals surface area (Å²) in [7, 11) is 0. The maximum absolute atomic E-state index is 10.8. The van der Waals surface area contributed by atoms with Crippen LogP contribution in [0.1, 0.15) is 13.8 Å². The van der Waals surface area contributed by atoms with Gasteiger partial charge >= 0.3 is 18.2 Å². The van der Waals surface area contributed by atoms with Crippen LogP contribution in [0.4, 0.5) is 14.4 Å². The molecule has 0 bridgehead atoms. The predicted octanol–water partition coefficient (Wildman–Crippen LogP) is 1.01. The molecule has 9 nitrogen and oxygen atoms in total. The normalized spacial score (nSPS) is 8.53. The number of ether oxygens (including phenoxy) is 2. The number of H-pyrrole nitrogens is 1. The van der Waals surface area contributed by atoms with Crippen molar-refractivity contribution in [2.24, 2.45) is 0 Å². The smallest absolute Gasteiger partial charge is 0.415 e. The van der Waals surface area contributed by atoms with Gasteiger partial charge in [-0.3, -0.25) is 5.10 Å². The van der Waals surface area contributed by atoms with Crippen LogP contribution in [0.15, 0.2) is 18.5 Å². The fraction of sp³-hybridized carbons (Fsp3) is 0.400. The lowest BCUT2D eigenvalue weighted by atomic mass is 10.8. The number of amides is 4. The second-order valence-corrected chi connectivity index (χ2v) is 2.79. The minimum absolute atomic E-state index is 0.137. The van der Waals surface area contributed by atoms with Crippen molar-refractivity contribution >= 4 is 18.2 Å². The van der Waals surface area contributed by atoms with Crippen molar-refractivity contribution in [3.8, 4) is 0 Å². The summed E-state index contributed by atoms with van der Waals surface area (Å²) in [5, 5.41) is 9.72. The van der Waals surface area contributed by atoms with E-state index >= 15 is 0 Å². The molecule has 1 rings (SSSR count). The van der Waals surface area contributed by atoms with Gasteiger partial charge in [-0.2, -0.15) is 5.10 Å². The van der Waals surface area contributed by atoms with Crippen molar-refractivity contribution in [2.45, 2.75) is 13.8 Å². The number of hydrogen-bond acceptors (Lipinski definition) is 6. The molecule has 0 aliphatic rings. The first-order valence-electron chi connectivity index (χ1n) is 5.45. The number of alkyl carbamates (subject to hydrolysis) is 2. The van der Waals surface area contributed by atoms with E-state index in [0.717, 1.165) is 0 Å². The Morgan fingerprint density at radius 3 is 1.89 bits per heavy atom. The molecule has 4 amide bonds. The van der Waals surface area contributed by atoms with Gasteiger partial charge in [0.2, 0.25) is 0 Å². The third-order valence-electron chi connectivity index (χ3n) is 1.39. The van der Waals surface area contributed by atoms with Gasteiger partial charge < -0.3 is 9.47 Å². The van der Waals surface area contributed by atoms with E-state index in [-0.39, 0.29) is 13.2 Å². The number of aromatic amines is 1. The monoisotopic (exact) mass is 272 g/mol. The zero-order valence-corrected chi connectivity index (χ0v) is 10.6. The molecule has 0 spiro atoms. The standard InChI is InChI=1S/C7H12N2O5.C3H4N2/c1-3-13-6(11)8-5(10)9-7(12)14-4-2;1-2-4-5-3-1/h3-4H2,1-2H3,(H2,8,9,10,11,12);1-3H,(H,4,5). The van der Waals surface area contributed by atoms with Crippen LogP contribution >= 0.6 is 0 Å². The third kappa shape index (κ3) is 10.3. The Morgan fingerprint density at radius 2 is 1.63 bits per heavy atom. The van der Waals surface area contributed by atoms with E-state index in [0.29, 0.717) is 0 Å². The van der Waals surface area contributed by atoms with Crippen molar-refractivity contribution in [1.82, 2.24) is 20.8 Å². The van der Waals surface area contributed by atoms with Gasteiger partial charge in [0.1, 0.15) is 0 Å². The second kappa shape index (κ2) is 10.6. The van der Waals surface area contributed by atoms with Crippen molar-refractivity contribution in [3.63, 3.8) is 0 Å². The lowest BCUT2D eigenvalue weighted by Crippen LogP contribution is -2.42. The molecule has 0 unspecified atom stereocenters. The molecule has 0 radical (unpaired) electrons. The number of urea groups is 1. The van der Waals surface area contributed by atoms with Crippen LogP contribution in [0, 0.1) is 0 Å². The highest BCUT2D eigenvalue weighted by atomic mass is 16.6. The average Bonchev–Trinajstić information content (AvgIpc) is 2.87. The van der Waals surface area contributed by atoms with Crippen LogP contribution in [0.2, 0.25) is 0 Å². The molecule has 1 heterocycles. The van der Waals surface area contributed by atoms with E-state index in [9.17, 15) is 14.4 Å². The molecule has 0 aliphatic heterocycles. The van der Waals surface area contributed by atoms with Crippen molar-refractivity contribution in [2.75, 3.05) is 13.2 Å². The Bertz CT molecular complexity index is 340. The number of imide groups is 2. The minimum Gasteiger partial charge on any atom is -0.450 e. The van der Waals surface area contributed by atoms with Crippen molar-refractivity contribution in [1.29, 1.82) is 0 Å². The average molecular weight is 272 g/mol. The highest BCUT2D eigenvalue weighted by Crippen LogP contribution is 1.79. The lowest BCUT2D eigenvalue weighted by molar-refractivity contribution is 0.146. The topological polar surface area (TPSA) is 122 Å². The molecular formula is C10H16N4O5. The number of carbonyl (C=O) groups excluding carboxylic acids is 3. The fourth-order valence-electron chi connectivity index (χ4n) is 0.766. The first-order chi connectivity index (χ1) is 9.10. The Kier molecular flexibility index (Phi) is 9.13. The van der Waals surface area contributed by atoms with Crippen molar-refractivity contribution < 1.29 is 23.9 Å². The lowest BCUT2D eigenvalue weighted by Gasteiger charge is -2.04. The summed E-state index contributed by atoms with van der Waals surface area (Å²) in [5.74, 6) is 0. The fourth-order valence-corrected chi connectivity index (χ4v) is 0.766. The maximum Gasteiger partial charge on any atom is 0.415 e. The molecule has 3 N–H and O–H groups in total. The van der Waals surface area contributed by atoms with Gasteiger partial charge in [0.05, 0.1) is 13.2 Å². The largest absolute Gasteiger partial charge is 0.450 e. The van der Waals surface area contributed by atoms with Gasteiger partial charge in [-0.15, -0.1) is 0 Å². The maximum atomic E-state index is 10.8. The number of nitrogens with zero attached hydrogens (tertiary/aromatic N) is 1. The summed E-state index contributed by atoms with van der Waals surface area (Å²) in [6.07, 6.45) is 1.61. The first kappa shape index (κ1) is 16.4. The van der Waals surface area contributed by atoms with Crippen LogP contribution in [0.3, 0.4) is 0 Å². The van der Waals surface area contributed by atoms with Gasteiger partial charge in [0.15, 0.2) is 0 Å². The quantitative estimate of drug-likeness (QED) is 0.738. The first-order valence-corrected chi connectivity index (χ1v) is 5.45. The molecule has 1 aromatic rings. The number of rotatable bonds is 2.